The van der Waals surface area contributed by atoms with E-state index in [-0.39, 0.29) is 5.82 Å². The van der Waals surface area contributed by atoms with Gasteiger partial charge in [0, 0.05) is 22.7 Å². The maximum Gasteiger partial charge on any atom is 0.192 e. The first-order valence-electron chi connectivity index (χ1n) is 9.64. The highest BCUT2D eigenvalue weighted by molar-refractivity contribution is 7.98. The Labute approximate surface area is 182 Å². The summed E-state index contributed by atoms with van der Waals surface area (Å²) in [5, 5.41) is 12.5. The number of halogens is 1. The van der Waals surface area contributed by atoms with Gasteiger partial charge in [-0.05, 0) is 49.2 Å². The number of ether oxygens (including phenoxy) is 1. The van der Waals surface area contributed by atoms with Crippen molar-refractivity contribution in [2.24, 2.45) is 0 Å². The Morgan fingerprint density at radius 2 is 1.93 bits per heavy atom. The van der Waals surface area contributed by atoms with Gasteiger partial charge < -0.3 is 4.74 Å². The van der Waals surface area contributed by atoms with Crippen molar-refractivity contribution in [3.8, 4) is 27.7 Å². The first kappa shape index (κ1) is 19.3. The van der Waals surface area contributed by atoms with Crippen LogP contribution in [0.25, 0.3) is 22.0 Å². The lowest BCUT2D eigenvalue weighted by atomic mass is 10.2. The van der Waals surface area contributed by atoms with Gasteiger partial charge in [-0.25, -0.2) is 9.37 Å². The molecule has 0 bridgehead atoms. The molecule has 8 heteroatoms. The molecule has 0 unspecified atom stereocenters. The van der Waals surface area contributed by atoms with Crippen LogP contribution in [0.4, 0.5) is 4.39 Å². The zero-order chi connectivity index (χ0) is 20.5. The molecule has 2 aromatic carbocycles. The van der Waals surface area contributed by atoms with E-state index in [9.17, 15) is 4.39 Å². The molecule has 0 spiro atoms. The summed E-state index contributed by atoms with van der Waals surface area (Å²) in [5.74, 6) is 1.85. The van der Waals surface area contributed by atoms with Crippen LogP contribution in [0.15, 0.2) is 59.1 Å². The summed E-state index contributed by atoms with van der Waals surface area (Å²) < 4.78 is 21.6. The van der Waals surface area contributed by atoms with Gasteiger partial charge in [-0.2, -0.15) is 0 Å². The van der Waals surface area contributed by atoms with E-state index in [0.29, 0.717) is 23.2 Å². The molecule has 0 amide bonds. The molecular formula is C22H19FN4OS2. The second kappa shape index (κ2) is 8.20. The third-order valence-corrected chi connectivity index (χ3v) is 6.85. The number of rotatable bonds is 7. The van der Waals surface area contributed by atoms with Crippen LogP contribution >= 0.6 is 23.1 Å². The molecule has 0 N–H and O–H groups in total. The fraction of sp³-hybridized carbons (Fsp3) is 0.227. The zero-order valence-corrected chi connectivity index (χ0v) is 17.9. The lowest BCUT2D eigenvalue weighted by Crippen LogP contribution is -2.01. The van der Waals surface area contributed by atoms with E-state index < -0.39 is 0 Å². The molecule has 1 fully saturated rings. The fourth-order valence-corrected chi connectivity index (χ4v) is 5.07. The predicted molar refractivity (Wildman–Crippen MR) is 117 cm³/mol. The van der Waals surface area contributed by atoms with Gasteiger partial charge in [0.15, 0.2) is 11.0 Å². The molecule has 30 heavy (non-hydrogen) atoms. The molecule has 5 rings (SSSR count). The fourth-order valence-electron chi connectivity index (χ4n) is 3.24. The van der Waals surface area contributed by atoms with Crippen molar-refractivity contribution >= 4 is 23.1 Å². The molecule has 4 aromatic rings. The van der Waals surface area contributed by atoms with Gasteiger partial charge in [0.05, 0.1) is 18.4 Å². The minimum Gasteiger partial charge on any atom is -0.497 e. The summed E-state index contributed by atoms with van der Waals surface area (Å²) in [6, 6.07) is 15.0. The first-order valence-corrected chi connectivity index (χ1v) is 11.5. The standard InChI is InChI=1S/C22H19FN4OS2/c1-28-17-10-6-14(7-11-17)21-24-15(12-29-21)13-30-22-26-25-20(27(22)16-8-9-16)18-4-2-3-5-19(18)23/h2-7,10-12,16H,8-9,13H2,1H3. The minimum absolute atomic E-state index is 0.271. The lowest BCUT2D eigenvalue weighted by molar-refractivity contribution is 0.415. The van der Waals surface area contributed by atoms with Gasteiger partial charge in [0.1, 0.15) is 16.6 Å². The molecule has 1 aliphatic carbocycles. The monoisotopic (exact) mass is 438 g/mol. The lowest BCUT2D eigenvalue weighted by Gasteiger charge is -2.09. The van der Waals surface area contributed by atoms with Crippen LogP contribution in [0.1, 0.15) is 24.6 Å². The SMILES string of the molecule is COc1ccc(-c2nc(CSc3nnc(-c4ccccc4F)n3C3CC3)cs2)cc1. The minimum atomic E-state index is -0.271. The van der Waals surface area contributed by atoms with Crippen molar-refractivity contribution in [1.82, 2.24) is 19.7 Å². The van der Waals surface area contributed by atoms with E-state index in [1.165, 1.54) is 6.07 Å². The topological polar surface area (TPSA) is 52.8 Å². The van der Waals surface area contributed by atoms with Crippen molar-refractivity contribution < 1.29 is 9.13 Å². The van der Waals surface area contributed by atoms with Crippen LogP contribution in [0.3, 0.4) is 0 Å². The molecule has 2 heterocycles. The number of thioether (sulfide) groups is 1. The molecule has 0 aliphatic heterocycles. The van der Waals surface area contributed by atoms with Gasteiger partial charge in [-0.1, -0.05) is 23.9 Å². The average molecular weight is 439 g/mol. The number of nitrogens with zero attached hydrogens (tertiary/aromatic N) is 4. The largest absolute Gasteiger partial charge is 0.497 e. The summed E-state index contributed by atoms with van der Waals surface area (Å²) in [7, 11) is 1.66. The van der Waals surface area contributed by atoms with Gasteiger partial charge in [0.2, 0.25) is 0 Å². The van der Waals surface area contributed by atoms with Crippen LogP contribution in [0.5, 0.6) is 5.75 Å². The highest BCUT2D eigenvalue weighted by atomic mass is 32.2. The number of methoxy groups -OCH3 is 1. The molecule has 5 nitrogen and oxygen atoms in total. The van der Waals surface area contributed by atoms with Gasteiger partial charge in [-0.3, -0.25) is 4.57 Å². The molecule has 2 aromatic heterocycles. The Kier molecular flexibility index (Phi) is 5.26. The maximum atomic E-state index is 14.3. The molecule has 0 saturated heterocycles. The summed E-state index contributed by atoms with van der Waals surface area (Å²) in [6.07, 6.45) is 2.15. The summed E-state index contributed by atoms with van der Waals surface area (Å²) >= 11 is 3.22. The Bertz CT molecular complexity index is 1170. The Morgan fingerprint density at radius 1 is 1.13 bits per heavy atom. The van der Waals surface area contributed by atoms with Gasteiger partial charge in [-0.15, -0.1) is 21.5 Å². The quantitative estimate of drug-likeness (QED) is 0.339. The molecule has 0 atom stereocenters. The zero-order valence-electron chi connectivity index (χ0n) is 16.3. The van der Waals surface area contributed by atoms with E-state index in [0.717, 1.165) is 40.0 Å². The summed E-state index contributed by atoms with van der Waals surface area (Å²) in [4.78, 5) is 4.76. The van der Waals surface area contributed by atoms with E-state index in [1.54, 1.807) is 42.3 Å². The Hall–Kier alpha value is -2.71. The molecule has 1 aliphatic rings. The van der Waals surface area contributed by atoms with Crippen LogP contribution < -0.4 is 4.74 Å². The van der Waals surface area contributed by atoms with Crippen LogP contribution in [0.2, 0.25) is 0 Å². The first-order chi connectivity index (χ1) is 14.7. The van der Waals surface area contributed by atoms with Crippen LogP contribution in [-0.4, -0.2) is 26.9 Å². The number of benzene rings is 2. The number of hydrogen-bond acceptors (Lipinski definition) is 6. The summed E-state index contributed by atoms with van der Waals surface area (Å²) in [6.45, 7) is 0. The van der Waals surface area contributed by atoms with Crippen molar-refractivity contribution in [2.75, 3.05) is 7.11 Å². The third kappa shape index (κ3) is 3.85. The smallest absolute Gasteiger partial charge is 0.192 e. The maximum absolute atomic E-state index is 14.3. The molecule has 1 saturated carbocycles. The van der Waals surface area contributed by atoms with E-state index in [4.69, 9.17) is 9.72 Å². The Balaban J connectivity index is 1.35. The number of thiazole rings is 1. The van der Waals surface area contributed by atoms with Gasteiger partial charge in [0.25, 0.3) is 0 Å². The predicted octanol–water partition coefficient (Wildman–Crippen LogP) is 5.84. The molecule has 0 radical (unpaired) electrons. The van der Waals surface area contributed by atoms with Crippen molar-refractivity contribution in [2.45, 2.75) is 29.8 Å². The highest BCUT2D eigenvalue weighted by Gasteiger charge is 2.31. The van der Waals surface area contributed by atoms with Crippen molar-refractivity contribution in [3.63, 3.8) is 0 Å². The van der Waals surface area contributed by atoms with E-state index in [2.05, 4.69) is 20.1 Å². The Morgan fingerprint density at radius 3 is 2.67 bits per heavy atom. The van der Waals surface area contributed by atoms with Crippen LogP contribution in [0, 0.1) is 5.82 Å². The third-order valence-electron chi connectivity index (χ3n) is 4.93. The second-order valence-corrected chi connectivity index (χ2v) is 8.85. The second-order valence-electron chi connectivity index (χ2n) is 7.05. The molecular weight excluding hydrogens is 419 g/mol. The van der Waals surface area contributed by atoms with Crippen LogP contribution in [-0.2, 0) is 5.75 Å². The molecule has 152 valence electrons. The van der Waals surface area contributed by atoms with Gasteiger partial charge >= 0.3 is 0 Å². The van der Waals surface area contributed by atoms with E-state index >= 15 is 0 Å². The average Bonchev–Trinajstić information content (AvgIpc) is 3.35. The number of hydrogen-bond donors (Lipinski definition) is 0. The van der Waals surface area contributed by atoms with Crippen molar-refractivity contribution in [3.05, 3.63) is 65.4 Å². The highest BCUT2D eigenvalue weighted by Crippen LogP contribution is 2.42. The number of aromatic nitrogens is 4. The van der Waals surface area contributed by atoms with Crippen molar-refractivity contribution in [1.29, 1.82) is 0 Å². The summed E-state index contributed by atoms with van der Waals surface area (Å²) in [5.41, 5.74) is 2.56. The van der Waals surface area contributed by atoms with E-state index in [1.807, 2.05) is 30.3 Å². The normalized spacial score (nSPS) is 13.5.